The summed E-state index contributed by atoms with van der Waals surface area (Å²) in [5.74, 6) is -0.830. The Balaban J connectivity index is 2.31. The Hall–Kier alpha value is -2.60. The summed E-state index contributed by atoms with van der Waals surface area (Å²) in [6, 6.07) is 0. The van der Waals surface area contributed by atoms with Crippen molar-refractivity contribution in [3.63, 3.8) is 0 Å². The molecule has 0 radical (unpaired) electrons. The monoisotopic (exact) mass is 819 g/mol. The lowest BCUT2D eigenvalue weighted by atomic mass is 9.99. The molecule has 10 heteroatoms. The molecule has 0 amide bonds. The summed E-state index contributed by atoms with van der Waals surface area (Å²) in [6.45, 7) is 3.26. The second-order valence-electron chi connectivity index (χ2n) is 15.5. The van der Waals surface area contributed by atoms with E-state index in [1.165, 1.54) is 44.9 Å². The van der Waals surface area contributed by atoms with Crippen LogP contribution in [-0.2, 0) is 28.5 Å². The molecule has 0 saturated carbocycles. The summed E-state index contributed by atoms with van der Waals surface area (Å²) < 4.78 is 22.1. The molecule has 1 fully saturated rings. The van der Waals surface area contributed by atoms with Gasteiger partial charge >= 0.3 is 11.9 Å². The Kier molecular flexibility index (Phi) is 35.5. The normalized spacial score (nSPS) is 20.7. The molecule has 58 heavy (non-hydrogen) atoms. The molecular weight excluding hydrogens is 737 g/mol. The highest BCUT2D eigenvalue weighted by Gasteiger charge is 2.44. The number of esters is 2. The van der Waals surface area contributed by atoms with Gasteiger partial charge in [-0.3, -0.25) is 9.59 Å². The molecule has 10 nitrogen and oxygen atoms in total. The summed E-state index contributed by atoms with van der Waals surface area (Å²) >= 11 is 0. The van der Waals surface area contributed by atoms with Gasteiger partial charge < -0.3 is 39.4 Å². The van der Waals surface area contributed by atoms with Gasteiger partial charge in [-0.05, 0) is 77.0 Å². The lowest BCUT2D eigenvalue weighted by molar-refractivity contribution is -0.305. The van der Waals surface area contributed by atoms with Crippen molar-refractivity contribution in [1.29, 1.82) is 0 Å². The maximum absolute atomic E-state index is 12.8. The molecule has 334 valence electrons. The molecule has 1 aliphatic rings. The van der Waals surface area contributed by atoms with Crippen molar-refractivity contribution in [2.45, 2.75) is 211 Å². The molecule has 1 heterocycles. The van der Waals surface area contributed by atoms with Crippen LogP contribution in [0.5, 0.6) is 0 Å². The Labute approximate surface area is 351 Å². The van der Waals surface area contributed by atoms with Crippen LogP contribution < -0.4 is 0 Å². The average Bonchev–Trinajstić information content (AvgIpc) is 3.22. The van der Waals surface area contributed by atoms with E-state index >= 15 is 0 Å². The van der Waals surface area contributed by atoms with E-state index in [4.69, 9.17) is 18.9 Å². The van der Waals surface area contributed by atoms with E-state index < -0.39 is 55.4 Å². The Bertz CT molecular complexity index is 1130. The maximum atomic E-state index is 12.8. The van der Waals surface area contributed by atoms with Gasteiger partial charge in [0, 0.05) is 12.8 Å². The molecule has 0 aromatic rings. The predicted octanol–water partition coefficient (Wildman–Crippen LogP) is 9.83. The van der Waals surface area contributed by atoms with Crippen LogP contribution in [0.15, 0.2) is 60.8 Å². The minimum absolute atomic E-state index is 0.216. The van der Waals surface area contributed by atoms with Crippen molar-refractivity contribution in [1.82, 2.24) is 0 Å². The zero-order valence-corrected chi connectivity index (χ0v) is 36.3. The van der Waals surface area contributed by atoms with Gasteiger partial charge in [0.1, 0.15) is 31.0 Å². The molecule has 1 saturated heterocycles. The Morgan fingerprint density at radius 2 is 1.02 bits per heavy atom. The fourth-order valence-corrected chi connectivity index (χ4v) is 6.53. The van der Waals surface area contributed by atoms with Gasteiger partial charge in [0.25, 0.3) is 0 Å². The van der Waals surface area contributed by atoms with E-state index in [2.05, 4.69) is 74.6 Å². The average molecular weight is 819 g/mol. The van der Waals surface area contributed by atoms with Crippen LogP contribution >= 0.6 is 0 Å². The number of carbonyl (C=O) groups excluding carboxylic acids is 2. The van der Waals surface area contributed by atoms with E-state index in [1.54, 1.807) is 0 Å². The fraction of sp³-hybridized carbons (Fsp3) is 0.750. The Morgan fingerprint density at radius 1 is 0.552 bits per heavy atom. The van der Waals surface area contributed by atoms with Gasteiger partial charge in [0.15, 0.2) is 12.4 Å². The molecule has 1 rings (SSSR count). The lowest BCUT2D eigenvalue weighted by Crippen LogP contribution is -2.59. The number of carbonyl (C=O) groups is 2. The van der Waals surface area contributed by atoms with Gasteiger partial charge in [-0.2, -0.15) is 0 Å². The number of aliphatic hydroxyl groups excluding tert-OH is 4. The minimum Gasteiger partial charge on any atom is -0.462 e. The lowest BCUT2D eigenvalue weighted by Gasteiger charge is -2.39. The molecule has 0 aromatic heterocycles. The predicted molar refractivity (Wildman–Crippen MR) is 233 cm³/mol. The highest BCUT2D eigenvalue weighted by molar-refractivity contribution is 5.70. The highest BCUT2D eigenvalue weighted by Crippen LogP contribution is 2.22. The second-order valence-corrected chi connectivity index (χ2v) is 15.5. The quantitative estimate of drug-likeness (QED) is 0.0271. The van der Waals surface area contributed by atoms with Crippen LogP contribution in [0.25, 0.3) is 0 Å². The van der Waals surface area contributed by atoms with Gasteiger partial charge in [-0.1, -0.05) is 145 Å². The third kappa shape index (κ3) is 29.6. The first-order valence-electron chi connectivity index (χ1n) is 22.9. The van der Waals surface area contributed by atoms with Crippen LogP contribution in [0.2, 0.25) is 0 Å². The molecule has 0 bridgehead atoms. The van der Waals surface area contributed by atoms with Crippen molar-refractivity contribution in [2.24, 2.45) is 0 Å². The van der Waals surface area contributed by atoms with E-state index in [0.29, 0.717) is 12.8 Å². The van der Waals surface area contributed by atoms with Crippen molar-refractivity contribution in [3.8, 4) is 0 Å². The number of rotatable bonds is 37. The fourth-order valence-electron chi connectivity index (χ4n) is 6.53. The van der Waals surface area contributed by atoms with Crippen LogP contribution in [0.4, 0.5) is 0 Å². The zero-order chi connectivity index (χ0) is 42.3. The maximum Gasteiger partial charge on any atom is 0.306 e. The number of hydrogen-bond donors (Lipinski definition) is 4. The van der Waals surface area contributed by atoms with Crippen molar-refractivity contribution >= 4 is 11.9 Å². The van der Waals surface area contributed by atoms with Gasteiger partial charge in [0.05, 0.1) is 13.2 Å². The van der Waals surface area contributed by atoms with E-state index in [1.807, 2.05) is 0 Å². The molecule has 0 spiro atoms. The molecule has 1 aliphatic heterocycles. The molecule has 6 unspecified atom stereocenters. The number of ether oxygens (including phenoxy) is 4. The number of allylic oxidation sites excluding steroid dienone is 10. The van der Waals surface area contributed by atoms with Gasteiger partial charge in [0.2, 0.25) is 0 Å². The third-order valence-corrected chi connectivity index (χ3v) is 10.1. The van der Waals surface area contributed by atoms with Crippen LogP contribution in [-0.4, -0.2) is 89.0 Å². The standard InChI is InChI=1S/C48H82O10/c1-3-5-7-9-11-13-15-17-18-19-20-21-22-23-24-25-27-29-31-33-35-37-44(51)57-41(40-56-48-47(54)46(53)45(52)42(38-49)58-48)39-55-43(50)36-34-32-30-28-26-16-14-12-10-8-6-4-2/h5,7,11-14,17-18,20-21,41-42,45-49,52-54H,3-4,6,8-10,15-16,19,22-40H2,1-2H3/b7-5-,13-11-,14-12-,18-17-,21-20-. The van der Waals surface area contributed by atoms with Crippen LogP contribution in [0, 0.1) is 0 Å². The molecule has 6 atom stereocenters. The van der Waals surface area contributed by atoms with Crippen molar-refractivity contribution < 1.29 is 49.0 Å². The second kappa shape index (κ2) is 38.6. The van der Waals surface area contributed by atoms with E-state index in [-0.39, 0.29) is 26.1 Å². The molecular formula is C48H82O10. The van der Waals surface area contributed by atoms with Crippen LogP contribution in [0.3, 0.4) is 0 Å². The number of unbranched alkanes of at least 4 members (excludes halogenated alkanes) is 16. The summed E-state index contributed by atoms with van der Waals surface area (Å²) in [6.07, 6.45) is 39.4. The molecule has 0 aromatic carbocycles. The minimum atomic E-state index is -1.60. The summed E-state index contributed by atoms with van der Waals surface area (Å²) in [4.78, 5) is 25.3. The van der Waals surface area contributed by atoms with Crippen LogP contribution in [0.1, 0.15) is 174 Å². The highest BCUT2D eigenvalue weighted by atomic mass is 16.7. The SMILES string of the molecule is CC/C=C\C/C=C\C/C=C\C/C=C\CCCCCCCCCCC(=O)OC(COC(=O)CCCCCCC/C=C\CCCCC)COC1OC(CO)C(O)C(O)C1O. The van der Waals surface area contributed by atoms with E-state index in [9.17, 15) is 30.0 Å². The smallest absolute Gasteiger partial charge is 0.306 e. The number of hydrogen-bond acceptors (Lipinski definition) is 10. The first-order valence-corrected chi connectivity index (χ1v) is 22.9. The van der Waals surface area contributed by atoms with Crippen molar-refractivity contribution in [3.05, 3.63) is 60.8 Å². The molecule has 4 N–H and O–H groups in total. The van der Waals surface area contributed by atoms with Crippen molar-refractivity contribution in [2.75, 3.05) is 19.8 Å². The Morgan fingerprint density at radius 3 is 1.55 bits per heavy atom. The van der Waals surface area contributed by atoms with Gasteiger partial charge in [-0.15, -0.1) is 0 Å². The zero-order valence-electron chi connectivity index (χ0n) is 36.3. The summed E-state index contributed by atoms with van der Waals surface area (Å²) in [5, 5.41) is 40.1. The molecule has 0 aliphatic carbocycles. The largest absolute Gasteiger partial charge is 0.462 e. The summed E-state index contributed by atoms with van der Waals surface area (Å²) in [7, 11) is 0. The number of aliphatic hydroxyl groups is 4. The summed E-state index contributed by atoms with van der Waals surface area (Å²) in [5.41, 5.74) is 0. The first-order chi connectivity index (χ1) is 28.3. The third-order valence-electron chi connectivity index (χ3n) is 10.1. The first kappa shape index (κ1) is 53.4. The van der Waals surface area contributed by atoms with E-state index in [0.717, 1.165) is 89.9 Å². The van der Waals surface area contributed by atoms with Gasteiger partial charge in [-0.25, -0.2) is 0 Å². The topological polar surface area (TPSA) is 152 Å².